The Kier molecular flexibility index (Phi) is 2.05. The molecule has 13 heavy (non-hydrogen) atoms. The van der Waals surface area contributed by atoms with Gasteiger partial charge in [0, 0.05) is 24.4 Å². The average molecular weight is 197 g/mol. The van der Waals surface area contributed by atoms with Gasteiger partial charge in [0.2, 0.25) is 0 Å². The molecule has 0 atom stereocenters. The van der Waals surface area contributed by atoms with Gasteiger partial charge in [-0.3, -0.25) is 4.79 Å². The van der Waals surface area contributed by atoms with Crippen LogP contribution in [0.25, 0.3) is 0 Å². The number of hydrogen-bond acceptors (Lipinski definition) is 4. The Labute approximate surface area is 80.4 Å². The van der Waals surface area contributed by atoms with Crippen molar-refractivity contribution >= 4 is 17.2 Å². The lowest BCUT2D eigenvalue weighted by atomic mass is 10.2. The summed E-state index contributed by atoms with van der Waals surface area (Å²) < 4.78 is 0. The van der Waals surface area contributed by atoms with Gasteiger partial charge in [0.25, 0.3) is 5.91 Å². The minimum absolute atomic E-state index is 0.415. The molecule has 0 unspecified atom stereocenters. The van der Waals surface area contributed by atoms with E-state index in [1.807, 2.05) is 0 Å². The van der Waals surface area contributed by atoms with Crippen molar-refractivity contribution in [1.29, 1.82) is 0 Å². The zero-order valence-electron chi connectivity index (χ0n) is 7.41. The van der Waals surface area contributed by atoms with Gasteiger partial charge in [0.1, 0.15) is 0 Å². The van der Waals surface area contributed by atoms with Crippen molar-refractivity contribution in [2.45, 2.75) is 13.0 Å². The number of primary amides is 1. The number of thiazole rings is 1. The summed E-state index contributed by atoms with van der Waals surface area (Å²) >= 11 is 1.42. The third-order valence-electron chi connectivity index (χ3n) is 2.13. The van der Waals surface area contributed by atoms with Crippen molar-refractivity contribution in [1.82, 2.24) is 9.88 Å². The Morgan fingerprint density at radius 3 is 3.15 bits per heavy atom. The minimum Gasteiger partial charge on any atom is -0.364 e. The van der Waals surface area contributed by atoms with E-state index in [-0.39, 0.29) is 0 Å². The van der Waals surface area contributed by atoms with Crippen LogP contribution in [-0.4, -0.2) is 29.4 Å². The van der Waals surface area contributed by atoms with Crippen LogP contribution in [-0.2, 0) is 13.0 Å². The normalized spacial score (nSPS) is 17.0. The van der Waals surface area contributed by atoms with Gasteiger partial charge >= 0.3 is 0 Å². The molecule has 0 saturated carbocycles. The van der Waals surface area contributed by atoms with E-state index in [2.05, 4.69) is 16.9 Å². The maximum absolute atomic E-state index is 10.9. The first kappa shape index (κ1) is 8.65. The van der Waals surface area contributed by atoms with E-state index < -0.39 is 5.91 Å². The van der Waals surface area contributed by atoms with Crippen LogP contribution in [0.1, 0.15) is 20.4 Å². The minimum atomic E-state index is -0.415. The molecule has 1 aliphatic rings. The molecule has 1 aromatic heterocycles. The fraction of sp³-hybridized carbons (Fsp3) is 0.500. The lowest BCUT2D eigenvalue weighted by molar-refractivity contribution is 0.0999. The summed E-state index contributed by atoms with van der Waals surface area (Å²) in [6, 6.07) is 0. The molecule has 1 aliphatic heterocycles. The number of likely N-dealkylation sites (N-methyl/N-ethyl adjacent to an activating group) is 1. The highest BCUT2D eigenvalue weighted by molar-refractivity contribution is 7.13. The molecule has 0 saturated heterocycles. The maximum Gasteiger partial charge on any atom is 0.277 e. The first-order valence-electron chi connectivity index (χ1n) is 4.14. The largest absolute Gasteiger partial charge is 0.364 e. The van der Waals surface area contributed by atoms with Crippen molar-refractivity contribution < 1.29 is 4.79 Å². The van der Waals surface area contributed by atoms with Crippen LogP contribution in [0.15, 0.2) is 0 Å². The van der Waals surface area contributed by atoms with Crippen molar-refractivity contribution in [2.75, 3.05) is 13.6 Å². The summed E-state index contributed by atoms with van der Waals surface area (Å²) in [6.07, 6.45) is 0.926. The first-order valence-corrected chi connectivity index (χ1v) is 4.95. The van der Waals surface area contributed by atoms with Gasteiger partial charge in [0.15, 0.2) is 5.01 Å². The number of hydrogen-bond donors (Lipinski definition) is 1. The second-order valence-electron chi connectivity index (χ2n) is 3.24. The Morgan fingerprint density at radius 2 is 2.46 bits per heavy atom. The van der Waals surface area contributed by atoms with Crippen LogP contribution >= 0.6 is 11.3 Å². The number of nitrogens with zero attached hydrogens (tertiary/aromatic N) is 2. The molecular formula is C8H11N3OS. The van der Waals surface area contributed by atoms with Gasteiger partial charge in [0.05, 0.1) is 5.69 Å². The van der Waals surface area contributed by atoms with Crippen molar-refractivity contribution in [3.63, 3.8) is 0 Å². The molecule has 1 amide bonds. The van der Waals surface area contributed by atoms with E-state index in [1.54, 1.807) is 0 Å². The van der Waals surface area contributed by atoms with Crippen LogP contribution in [0.2, 0.25) is 0 Å². The zero-order chi connectivity index (χ0) is 9.42. The molecule has 0 fully saturated rings. The summed E-state index contributed by atoms with van der Waals surface area (Å²) in [5.74, 6) is -0.415. The predicted octanol–water partition coefficient (Wildman–Crippen LogP) is 0.230. The van der Waals surface area contributed by atoms with E-state index in [1.165, 1.54) is 16.2 Å². The van der Waals surface area contributed by atoms with Crippen molar-refractivity contribution in [3.05, 3.63) is 15.6 Å². The lowest BCUT2D eigenvalue weighted by Gasteiger charge is -2.20. The van der Waals surface area contributed by atoms with E-state index >= 15 is 0 Å². The molecule has 2 rings (SSSR count). The van der Waals surface area contributed by atoms with Gasteiger partial charge in [-0.25, -0.2) is 4.98 Å². The van der Waals surface area contributed by atoms with E-state index in [0.717, 1.165) is 25.2 Å². The van der Waals surface area contributed by atoms with E-state index in [9.17, 15) is 4.79 Å². The molecule has 5 heteroatoms. The molecule has 4 nitrogen and oxygen atoms in total. The Bertz CT molecular complexity index is 347. The number of carbonyl (C=O) groups is 1. The SMILES string of the molecule is CN1CCc2nc(C(N)=O)sc2C1. The quantitative estimate of drug-likeness (QED) is 0.701. The Morgan fingerprint density at radius 1 is 1.69 bits per heavy atom. The van der Waals surface area contributed by atoms with Crippen LogP contribution in [0.3, 0.4) is 0 Å². The van der Waals surface area contributed by atoms with Gasteiger partial charge in [-0.2, -0.15) is 0 Å². The summed E-state index contributed by atoms with van der Waals surface area (Å²) in [6.45, 7) is 1.90. The first-order chi connectivity index (χ1) is 6.16. The lowest BCUT2D eigenvalue weighted by Crippen LogP contribution is -2.25. The molecule has 0 aromatic carbocycles. The number of nitrogens with two attached hydrogens (primary N) is 1. The summed E-state index contributed by atoms with van der Waals surface area (Å²) in [4.78, 5) is 18.5. The molecule has 2 N–H and O–H groups in total. The highest BCUT2D eigenvalue weighted by atomic mass is 32.1. The standard InChI is InChI=1S/C8H11N3OS/c1-11-3-2-5-6(4-11)13-8(10-5)7(9)12/h2-4H2,1H3,(H2,9,12). The zero-order valence-corrected chi connectivity index (χ0v) is 8.23. The second kappa shape index (κ2) is 3.08. The fourth-order valence-corrected chi connectivity index (χ4v) is 2.47. The molecule has 0 bridgehead atoms. The maximum atomic E-state index is 10.9. The summed E-state index contributed by atoms with van der Waals surface area (Å²) in [5, 5.41) is 0.445. The smallest absolute Gasteiger partial charge is 0.277 e. The molecule has 1 aromatic rings. The van der Waals surface area contributed by atoms with Gasteiger partial charge in [-0.05, 0) is 7.05 Å². The summed E-state index contributed by atoms with van der Waals surface area (Å²) in [5.41, 5.74) is 6.21. The fourth-order valence-electron chi connectivity index (χ4n) is 1.43. The van der Waals surface area contributed by atoms with Crippen molar-refractivity contribution in [2.24, 2.45) is 5.73 Å². The van der Waals surface area contributed by atoms with E-state index in [4.69, 9.17) is 5.73 Å². The molecule has 0 radical (unpaired) electrons. The third kappa shape index (κ3) is 1.57. The van der Waals surface area contributed by atoms with Crippen LogP contribution < -0.4 is 5.73 Å². The third-order valence-corrected chi connectivity index (χ3v) is 3.23. The van der Waals surface area contributed by atoms with Gasteiger partial charge in [-0.1, -0.05) is 0 Å². The van der Waals surface area contributed by atoms with Crippen LogP contribution in [0, 0.1) is 0 Å². The predicted molar refractivity (Wildman–Crippen MR) is 50.7 cm³/mol. The Balaban J connectivity index is 2.33. The number of amides is 1. The summed E-state index contributed by atoms with van der Waals surface area (Å²) in [7, 11) is 2.06. The Hall–Kier alpha value is -0.940. The number of rotatable bonds is 1. The monoisotopic (exact) mass is 197 g/mol. The second-order valence-corrected chi connectivity index (χ2v) is 4.32. The van der Waals surface area contributed by atoms with Gasteiger partial charge < -0.3 is 10.6 Å². The van der Waals surface area contributed by atoms with Crippen molar-refractivity contribution in [3.8, 4) is 0 Å². The highest BCUT2D eigenvalue weighted by Crippen LogP contribution is 2.23. The van der Waals surface area contributed by atoms with Gasteiger partial charge in [-0.15, -0.1) is 11.3 Å². The van der Waals surface area contributed by atoms with E-state index in [0.29, 0.717) is 5.01 Å². The molecule has 2 heterocycles. The highest BCUT2D eigenvalue weighted by Gasteiger charge is 2.19. The topological polar surface area (TPSA) is 59.2 Å². The van der Waals surface area contributed by atoms with Crippen LogP contribution in [0.5, 0.6) is 0 Å². The molecular weight excluding hydrogens is 186 g/mol. The molecule has 0 spiro atoms. The number of carbonyl (C=O) groups excluding carboxylic acids is 1. The average Bonchev–Trinajstić information content (AvgIpc) is 2.46. The number of fused-ring (bicyclic) bond motifs is 1. The molecule has 70 valence electrons. The number of aromatic nitrogens is 1. The van der Waals surface area contributed by atoms with Crippen LogP contribution in [0.4, 0.5) is 0 Å². The molecule has 0 aliphatic carbocycles.